The van der Waals surface area contributed by atoms with Crippen molar-refractivity contribution in [2.24, 2.45) is 0 Å². The fraction of sp³-hybridized carbons (Fsp3) is 0.412. The highest BCUT2D eigenvalue weighted by Gasteiger charge is 2.20. The predicted octanol–water partition coefficient (Wildman–Crippen LogP) is 4.94. The van der Waals surface area contributed by atoms with Gasteiger partial charge in [-0.3, -0.25) is 0 Å². The van der Waals surface area contributed by atoms with Crippen molar-refractivity contribution < 1.29 is 0 Å². The summed E-state index contributed by atoms with van der Waals surface area (Å²) in [4.78, 5) is 3.81. The van der Waals surface area contributed by atoms with Crippen LogP contribution in [0.4, 0.5) is 11.4 Å². The van der Waals surface area contributed by atoms with E-state index in [-0.39, 0.29) is 0 Å². The number of fused-ring (bicyclic) bond motifs is 1. The number of aryl methyl sites for hydroxylation is 1. The third-order valence-electron chi connectivity index (χ3n) is 4.36. The minimum Gasteiger partial charge on any atom is -0.398 e. The van der Waals surface area contributed by atoms with Crippen molar-refractivity contribution in [2.75, 3.05) is 17.2 Å². The van der Waals surface area contributed by atoms with Gasteiger partial charge in [-0.2, -0.15) is 0 Å². The smallest absolute Gasteiger partial charge is 0.0931 e. The van der Waals surface area contributed by atoms with Crippen LogP contribution in [0, 0.1) is 13.8 Å². The Bertz CT molecular complexity index is 663. The molecule has 0 aliphatic carbocycles. The van der Waals surface area contributed by atoms with E-state index in [1.165, 1.54) is 40.1 Å². The lowest BCUT2D eigenvalue weighted by molar-refractivity contribution is 0.717. The van der Waals surface area contributed by atoms with Gasteiger partial charge in [0.2, 0.25) is 0 Å². The van der Waals surface area contributed by atoms with Crippen LogP contribution in [-0.2, 0) is 13.0 Å². The monoisotopic (exact) mass is 320 g/mol. The third-order valence-corrected chi connectivity index (χ3v) is 5.58. The van der Waals surface area contributed by atoms with Gasteiger partial charge in [0.05, 0.1) is 10.9 Å². The van der Waals surface area contributed by atoms with E-state index in [4.69, 9.17) is 17.3 Å². The normalized spacial score (nSPS) is 14.9. The number of nitrogens with zero attached hydrogens (tertiary/aromatic N) is 1. The highest BCUT2D eigenvalue weighted by molar-refractivity contribution is 7.16. The molecule has 0 bridgehead atoms. The number of halogens is 1. The molecule has 112 valence electrons. The van der Waals surface area contributed by atoms with Gasteiger partial charge in [-0.15, -0.1) is 11.3 Å². The Morgan fingerprint density at radius 2 is 2.10 bits per heavy atom. The van der Waals surface area contributed by atoms with E-state index in [0.29, 0.717) is 0 Å². The van der Waals surface area contributed by atoms with Crippen LogP contribution >= 0.6 is 22.9 Å². The molecule has 0 amide bonds. The first-order valence-corrected chi connectivity index (χ1v) is 8.63. The summed E-state index contributed by atoms with van der Waals surface area (Å²) >= 11 is 7.74. The third kappa shape index (κ3) is 2.90. The average molecular weight is 321 g/mol. The van der Waals surface area contributed by atoms with Gasteiger partial charge in [0.25, 0.3) is 0 Å². The topological polar surface area (TPSA) is 29.3 Å². The van der Waals surface area contributed by atoms with Crippen LogP contribution in [0.2, 0.25) is 4.34 Å². The number of anilines is 2. The Labute approximate surface area is 135 Å². The molecule has 0 saturated carbocycles. The van der Waals surface area contributed by atoms with Crippen LogP contribution in [0.3, 0.4) is 0 Å². The lowest BCUT2D eigenvalue weighted by atomic mass is 9.97. The summed E-state index contributed by atoms with van der Waals surface area (Å²) in [5, 5.41) is 0. The number of nitrogen functional groups attached to an aromatic ring is 1. The van der Waals surface area contributed by atoms with E-state index in [2.05, 4.69) is 30.9 Å². The van der Waals surface area contributed by atoms with E-state index in [9.17, 15) is 0 Å². The van der Waals surface area contributed by atoms with Crippen molar-refractivity contribution in [3.63, 3.8) is 0 Å². The van der Waals surface area contributed by atoms with Crippen LogP contribution in [-0.4, -0.2) is 6.54 Å². The number of hydrogen-bond donors (Lipinski definition) is 1. The first-order chi connectivity index (χ1) is 10.1. The predicted molar refractivity (Wildman–Crippen MR) is 93.6 cm³/mol. The summed E-state index contributed by atoms with van der Waals surface area (Å²) in [6.45, 7) is 6.30. The summed E-state index contributed by atoms with van der Waals surface area (Å²) in [5.74, 6) is 0. The molecule has 3 rings (SSSR count). The first-order valence-electron chi connectivity index (χ1n) is 7.44. The number of nitrogens with two attached hydrogens (primary N) is 1. The average Bonchev–Trinajstić information content (AvgIpc) is 2.76. The zero-order chi connectivity index (χ0) is 15.0. The molecule has 0 fully saturated rings. The van der Waals surface area contributed by atoms with E-state index in [0.717, 1.165) is 29.5 Å². The molecule has 0 unspecified atom stereocenters. The molecule has 2 heterocycles. The maximum atomic E-state index is 6.22. The maximum Gasteiger partial charge on any atom is 0.0931 e. The van der Waals surface area contributed by atoms with Gasteiger partial charge in [-0.1, -0.05) is 11.6 Å². The summed E-state index contributed by atoms with van der Waals surface area (Å²) in [6.07, 6.45) is 3.59. The largest absolute Gasteiger partial charge is 0.398 e. The number of hydrogen-bond acceptors (Lipinski definition) is 3. The van der Waals surface area contributed by atoms with Gasteiger partial charge in [-0.05, 0) is 68.0 Å². The van der Waals surface area contributed by atoms with Crippen LogP contribution < -0.4 is 10.6 Å². The van der Waals surface area contributed by atoms with Crippen LogP contribution in [0.5, 0.6) is 0 Å². The molecule has 2 N–H and O–H groups in total. The van der Waals surface area contributed by atoms with Gasteiger partial charge in [-0.25, -0.2) is 0 Å². The molecule has 2 nitrogen and oxygen atoms in total. The zero-order valence-corrected chi connectivity index (χ0v) is 14.2. The lowest BCUT2D eigenvalue weighted by Gasteiger charge is -2.26. The molecular weight excluding hydrogens is 300 g/mol. The van der Waals surface area contributed by atoms with E-state index >= 15 is 0 Å². The standard InChI is InChI=1S/C17H21ClN2S/c1-11-9-15-14(12(2)17(11)19)5-3-4-8-20(15)10-13-6-7-16(18)21-13/h6-7,9H,3-5,8,10,19H2,1-2H3. The Hall–Kier alpha value is -1.19. The fourth-order valence-electron chi connectivity index (χ4n) is 3.13. The van der Waals surface area contributed by atoms with Gasteiger partial charge < -0.3 is 10.6 Å². The van der Waals surface area contributed by atoms with Crippen molar-refractivity contribution >= 4 is 34.3 Å². The summed E-state index contributed by atoms with van der Waals surface area (Å²) in [6, 6.07) is 6.38. The zero-order valence-electron chi connectivity index (χ0n) is 12.6. The first kappa shape index (κ1) is 14.7. The molecule has 1 aliphatic heterocycles. The van der Waals surface area contributed by atoms with Gasteiger partial charge >= 0.3 is 0 Å². The van der Waals surface area contributed by atoms with Crippen LogP contribution in [0.1, 0.15) is 34.4 Å². The molecule has 4 heteroatoms. The Morgan fingerprint density at radius 1 is 1.29 bits per heavy atom. The van der Waals surface area contributed by atoms with Crippen LogP contribution in [0.25, 0.3) is 0 Å². The summed E-state index contributed by atoms with van der Waals surface area (Å²) in [5.41, 5.74) is 12.4. The molecule has 2 aromatic rings. The molecule has 1 aromatic heterocycles. The quantitative estimate of drug-likeness (QED) is 0.794. The van der Waals surface area contributed by atoms with Crippen molar-refractivity contribution in [2.45, 2.75) is 39.7 Å². The number of benzene rings is 1. The SMILES string of the molecule is Cc1cc2c(c(C)c1N)CCCCN2Cc1ccc(Cl)s1. The fourth-order valence-corrected chi connectivity index (χ4v) is 4.24. The van der Waals surface area contributed by atoms with E-state index in [1.807, 2.05) is 6.07 Å². The second-order valence-corrected chi connectivity index (χ2v) is 7.61. The summed E-state index contributed by atoms with van der Waals surface area (Å²) in [7, 11) is 0. The number of thiophene rings is 1. The van der Waals surface area contributed by atoms with Crippen molar-refractivity contribution in [3.05, 3.63) is 44.1 Å². The number of rotatable bonds is 2. The van der Waals surface area contributed by atoms with Gasteiger partial charge in [0.1, 0.15) is 0 Å². The molecule has 1 aromatic carbocycles. The maximum absolute atomic E-state index is 6.22. The molecule has 0 saturated heterocycles. The minimum absolute atomic E-state index is 0.865. The Balaban J connectivity index is 2.00. The second kappa shape index (κ2) is 5.90. The summed E-state index contributed by atoms with van der Waals surface area (Å²) < 4.78 is 0.865. The van der Waals surface area contributed by atoms with Crippen molar-refractivity contribution in [1.29, 1.82) is 0 Å². The second-order valence-electron chi connectivity index (χ2n) is 5.81. The molecule has 0 spiro atoms. The molecule has 0 atom stereocenters. The molecule has 1 aliphatic rings. The minimum atomic E-state index is 0.865. The Kier molecular flexibility index (Phi) is 4.14. The molecule has 0 radical (unpaired) electrons. The molecular formula is C17H21ClN2S. The van der Waals surface area contributed by atoms with Crippen LogP contribution in [0.15, 0.2) is 18.2 Å². The van der Waals surface area contributed by atoms with Crippen molar-refractivity contribution in [1.82, 2.24) is 0 Å². The van der Waals surface area contributed by atoms with E-state index < -0.39 is 0 Å². The highest BCUT2D eigenvalue weighted by atomic mass is 35.5. The van der Waals surface area contributed by atoms with Gasteiger partial charge in [0, 0.05) is 22.8 Å². The van der Waals surface area contributed by atoms with Crippen molar-refractivity contribution in [3.8, 4) is 0 Å². The van der Waals surface area contributed by atoms with Gasteiger partial charge in [0.15, 0.2) is 0 Å². The van der Waals surface area contributed by atoms with E-state index in [1.54, 1.807) is 11.3 Å². The highest BCUT2D eigenvalue weighted by Crippen LogP contribution is 2.35. The Morgan fingerprint density at radius 3 is 2.81 bits per heavy atom. The molecule has 21 heavy (non-hydrogen) atoms. The lowest BCUT2D eigenvalue weighted by Crippen LogP contribution is -2.23.